The molecule has 2 heterocycles. The van der Waals surface area contributed by atoms with Gasteiger partial charge in [-0.2, -0.15) is 0 Å². The van der Waals surface area contributed by atoms with E-state index in [9.17, 15) is 0 Å². The van der Waals surface area contributed by atoms with Crippen LogP contribution < -0.4 is 0 Å². The van der Waals surface area contributed by atoms with E-state index in [1.165, 1.54) is 37.0 Å². The Labute approximate surface area is 142 Å². The van der Waals surface area contributed by atoms with E-state index in [1.54, 1.807) is 11.3 Å². The topological polar surface area (TPSA) is 49.5 Å². The summed E-state index contributed by atoms with van der Waals surface area (Å²) in [6, 6.07) is 6.39. The molecule has 0 saturated heterocycles. The first-order valence-electron chi connectivity index (χ1n) is 8.66. The SMILES string of the molecule is OCCCN(Cc1cc(C2CCCCC2)no1)Cc1cccs1. The summed E-state index contributed by atoms with van der Waals surface area (Å²) in [4.78, 5) is 3.67. The zero-order chi connectivity index (χ0) is 15.9. The van der Waals surface area contributed by atoms with Gasteiger partial charge in [-0.25, -0.2) is 0 Å². The summed E-state index contributed by atoms with van der Waals surface area (Å²) in [5.74, 6) is 1.53. The maximum atomic E-state index is 9.12. The summed E-state index contributed by atoms with van der Waals surface area (Å²) in [5, 5.41) is 15.5. The van der Waals surface area contributed by atoms with Gasteiger partial charge in [-0.05, 0) is 30.7 Å². The van der Waals surface area contributed by atoms with Gasteiger partial charge in [-0.1, -0.05) is 30.5 Å². The van der Waals surface area contributed by atoms with Gasteiger partial charge in [-0.15, -0.1) is 11.3 Å². The molecule has 0 amide bonds. The molecule has 2 aromatic heterocycles. The van der Waals surface area contributed by atoms with E-state index in [0.29, 0.717) is 5.92 Å². The van der Waals surface area contributed by atoms with E-state index in [4.69, 9.17) is 9.63 Å². The lowest BCUT2D eigenvalue weighted by Gasteiger charge is -2.20. The van der Waals surface area contributed by atoms with Crippen LogP contribution in [0.15, 0.2) is 28.1 Å². The Morgan fingerprint density at radius 2 is 2.13 bits per heavy atom. The monoisotopic (exact) mass is 334 g/mol. The van der Waals surface area contributed by atoms with Gasteiger partial charge in [0.15, 0.2) is 5.76 Å². The second-order valence-electron chi connectivity index (χ2n) is 6.42. The molecule has 0 aliphatic heterocycles. The van der Waals surface area contributed by atoms with Crippen LogP contribution in [0.5, 0.6) is 0 Å². The molecule has 0 aromatic carbocycles. The number of rotatable bonds is 8. The number of aliphatic hydroxyl groups is 1. The molecule has 4 nitrogen and oxygen atoms in total. The molecule has 5 heteroatoms. The van der Waals surface area contributed by atoms with Crippen LogP contribution in [-0.2, 0) is 13.1 Å². The standard InChI is InChI=1S/C18H26N2O2S/c21-10-5-9-20(14-17-8-4-11-23-17)13-16-12-18(19-22-16)15-6-2-1-3-7-15/h4,8,11-12,15,21H,1-3,5-7,9-10,13-14H2. The van der Waals surface area contributed by atoms with E-state index < -0.39 is 0 Å². The lowest BCUT2D eigenvalue weighted by atomic mass is 9.87. The van der Waals surface area contributed by atoms with Crippen molar-refractivity contribution in [2.75, 3.05) is 13.2 Å². The van der Waals surface area contributed by atoms with Crippen molar-refractivity contribution < 1.29 is 9.63 Å². The molecule has 0 spiro atoms. The van der Waals surface area contributed by atoms with Crippen LogP contribution in [0.4, 0.5) is 0 Å². The number of aliphatic hydroxyl groups excluding tert-OH is 1. The molecule has 1 saturated carbocycles. The fraction of sp³-hybridized carbons (Fsp3) is 0.611. The first-order chi connectivity index (χ1) is 11.3. The number of nitrogens with zero attached hydrogens (tertiary/aromatic N) is 2. The molecule has 0 radical (unpaired) electrons. The molecule has 1 aliphatic rings. The Balaban J connectivity index is 1.60. The molecule has 0 atom stereocenters. The number of aromatic nitrogens is 1. The van der Waals surface area contributed by atoms with E-state index in [2.05, 4.69) is 33.6 Å². The minimum Gasteiger partial charge on any atom is -0.396 e. The minimum absolute atomic E-state index is 0.227. The van der Waals surface area contributed by atoms with Gasteiger partial charge in [0.05, 0.1) is 12.2 Å². The predicted octanol–water partition coefficient (Wildman–Crippen LogP) is 4.17. The molecular formula is C18H26N2O2S. The molecule has 2 aromatic rings. The Bertz CT molecular complexity index is 561. The van der Waals surface area contributed by atoms with E-state index in [-0.39, 0.29) is 6.61 Å². The first-order valence-corrected chi connectivity index (χ1v) is 9.54. The third-order valence-electron chi connectivity index (χ3n) is 4.57. The van der Waals surface area contributed by atoms with Gasteiger partial charge in [0.25, 0.3) is 0 Å². The highest BCUT2D eigenvalue weighted by molar-refractivity contribution is 7.09. The van der Waals surface area contributed by atoms with Gasteiger partial charge < -0.3 is 9.63 Å². The van der Waals surface area contributed by atoms with Crippen LogP contribution in [0, 0.1) is 0 Å². The van der Waals surface area contributed by atoms with E-state index in [0.717, 1.165) is 37.5 Å². The minimum atomic E-state index is 0.227. The largest absolute Gasteiger partial charge is 0.396 e. The lowest BCUT2D eigenvalue weighted by molar-refractivity contribution is 0.195. The molecular weight excluding hydrogens is 308 g/mol. The third-order valence-corrected chi connectivity index (χ3v) is 5.43. The zero-order valence-corrected chi connectivity index (χ0v) is 14.4. The average Bonchev–Trinajstić information content (AvgIpc) is 3.25. The van der Waals surface area contributed by atoms with Crippen molar-refractivity contribution in [3.05, 3.63) is 39.9 Å². The van der Waals surface area contributed by atoms with Crippen molar-refractivity contribution in [2.24, 2.45) is 0 Å². The fourth-order valence-electron chi connectivity index (χ4n) is 3.35. The summed E-state index contributed by atoms with van der Waals surface area (Å²) in [6.07, 6.45) is 7.26. The van der Waals surface area contributed by atoms with Gasteiger partial charge in [-0.3, -0.25) is 4.90 Å². The number of hydrogen-bond acceptors (Lipinski definition) is 5. The molecule has 1 fully saturated rings. The highest BCUT2D eigenvalue weighted by Gasteiger charge is 2.20. The Kier molecular flexibility index (Phi) is 6.25. The molecule has 1 N–H and O–H groups in total. The van der Waals surface area contributed by atoms with Crippen molar-refractivity contribution in [1.82, 2.24) is 10.1 Å². The summed E-state index contributed by atoms with van der Waals surface area (Å²) in [5.41, 5.74) is 1.14. The normalized spacial score (nSPS) is 16.3. The average molecular weight is 334 g/mol. The number of thiophene rings is 1. The second-order valence-corrected chi connectivity index (χ2v) is 7.45. The Morgan fingerprint density at radius 1 is 1.26 bits per heavy atom. The van der Waals surface area contributed by atoms with Crippen molar-refractivity contribution in [3.8, 4) is 0 Å². The zero-order valence-electron chi connectivity index (χ0n) is 13.6. The third kappa shape index (κ3) is 4.90. The van der Waals surface area contributed by atoms with Crippen LogP contribution in [-0.4, -0.2) is 28.3 Å². The van der Waals surface area contributed by atoms with Crippen molar-refractivity contribution in [3.63, 3.8) is 0 Å². The van der Waals surface area contributed by atoms with Gasteiger partial charge in [0.1, 0.15) is 0 Å². The van der Waals surface area contributed by atoms with Crippen LogP contribution in [0.2, 0.25) is 0 Å². The Hall–Kier alpha value is -1.17. The molecule has 3 rings (SSSR count). The summed E-state index contributed by atoms with van der Waals surface area (Å²) in [6.45, 7) is 2.76. The van der Waals surface area contributed by atoms with Crippen LogP contribution >= 0.6 is 11.3 Å². The second kappa shape index (κ2) is 8.62. The quantitative estimate of drug-likeness (QED) is 0.787. The summed E-state index contributed by atoms with van der Waals surface area (Å²) in [7, 11) is 0. The molecule has 0 bridgehead atoms. The van der Waals surface area contributed by atoms with Gasteiger partial charge in [0, 0.05) is 36.6 Å². The van der Waals surface area contributed by atoms with Crippen molar-refractivity contribution >= 4 is 11.3 Å². The smallest absolute Gasteiger partial charge is 0.150 e. The molecule has 1 aliphatic carbocycles. The number of hydrogen-bond donors (Lipinski definition) is 1. The first kappa shape index (κ1) is 16.7. The highest BCUT2D eigenvalue weighted by atomic mass is 32.1. The summed E-state index contributed by atoms with van der Waals surface area (Å²) < 4.78 is 5.60. The van der Waals surface area contributed by atoms with Crippen LogP contribution in [0.3, 0.4) is 0 Å². The summed E-state index contributed by atoms with van der Waals surface area (Å²) >= 11 is 1.77. The van der Waals surface area contributed by atoms with Crippen LogP contribution in [0.1, 0.15) is 60.8 Å². The van der Waals surface area contributed by atoms with E-state index >= 15 is 0 Å². The highest BCUT2D eigenvalue weighted by Crippen LogP contribution is 2.32. The maximum Gasteiger partial charge on any atom is 0.150 e. The Morgan fingerprint density at radius 3 is 2.87 bits per heavy atom. The lowest BCUT2D eigenvalue weighted by Crippen LogP contribution is -2.24. The molecule has 0 unspecified atom stereocenters. The van der Waals surface area contributed by atoms with Crippen molar-refractivity contribution in [1.29, 1.82) is 0 Å². The maximum absolute atomic E-state index is 9.12. The van der Waals surface area contributed by atoms with E-state index in [1.807, 2.05) is 0 Å². The molecule has 23 heavy (non-hydrogen) atoms. The fourth-order valence-corrected chi connectivity index (χ4v) is 4.09. The predicted molar refractivity (Wildman–Crippen MR) is 92.5 cm³/mol. The van der Waals surface area contributed by atoms with Crippen molar-refractivity contribution in [2.45, 2.75) is 57.5 Å². The van der Waals surface area contributed by atoms with Crippen LogP contribution in [0.25, 0.3) is 0 Å². The van der Waals surface area contributed by atoms with Gasteiger partial charge >= 0.3 is 0 Å². The molecule has 126 valence electrons. The van der Waals surface area contributed by atoms with Gasteiger partial charge in [0.2, 0.25) is 0 Å².